The number of carbonyl (C=O) groups is 1. The lowest BCUT2D eigenvalue weighted by Gasteiger charge is -2.26. The molecule has 0 fully saturated rings. The van der Waals surface area contributed by atoms with Crippen LogP contribution in [0.4, 0.5) is 0 Å². The van der Waals surface area contributed by atoms with Gasteiger partial charge in [-0.25, -0.2) is 4.57 Å². The molecule has 0 aromatic heterocycles. The van der Waals surface area contributed by atoms with E-state index in [0.29, 0.717) is 23.9 Å². The fourth-order valence-corrected chi connectivity index (χ4v) is 10.5. The Hall–Kier alpha value is -0.500. The first-order valence-electron chi connectivity index (χ1n) is 30.9. The molecule has 0 heterocycles. The number of hydrogen-bond donors (Lipinski definition) is 3. The molecule has 0 aliphatic heterocycles. The number of unbranched alkanes of at least 4 members (excludes halogenated alkanes) is 45. The van der Waals surface area contributed by atoms with Gasteiger partial charge in [0.1, 0.15) is 13.2 Å². The minimum atomic E-state index is -4.32. The lowest BCUT2D eigenvalue weighted by atomic mass is 10.0. The largest absolute Gasteiger partial charge is 0.472 e. The predicted octanol–water partition coefficient (Wildman–Crippen LogP) is 18.8. The van der Waals surface area contributed by atoms with Gasteiger partial charge in [0.2, 0.25) is 5.91 Å². The molecule has 69 heavy (non-hydrogen) atoms. The molecule has 3 unspecified atom stereocenters. The second-order valence-corrected chi connectivity index (χ2v) is 24.3. The van der Waals surface area contributed by atoms with Crippen molar-refractivity contribution in [1.29, 1.82) is 0 Å². The van der Waals surface area contributed by atoms with E-state index >= 15 is 0 Å². The second-order valence-electron chi connectivity index (χ2n) is 22.8. The molecule has 3 atom stereocenters. The highest BCUT2D eigenvalue weighted by Gasteiger charge is 2.28. The van der Waals surface area contributed by atoms with E-state index in [4.69, 9.17) is 9.05 Å². The molecule has 0 saturated carbocycles. The third kappa shape index (κ3) is 55.1. The molecule has 0 radical (unpaired) electrons. The summed E-state index contributed by atoms with van der Waals surface area (Å²) in [4.78, 5) is 23.4. The summed E-state index contributed by atoms with van der Waals surface area (Å²) in [6.07, 6.45) is 63.1. The molecule has 414 valence electrons. The van der Waals surface area contributed by atoms with Gasteiger partial charge in [-0.1, -0.05) is 309 Å². The number of phosphoric ester groups is 1. The smallest absolute Gasteiger partial charge is 0.391 e. The third-order valence-electron chi connectivity index (χ3n) is 14.6. The molecule has 1 amide bonds. The molecule has 0 spiro atoms. The topological polar surface area (TPSA) is 105 Å². The van der Waals surface area contributed by atoms with Gasteiger partial charge in [0.05, 0.1) is 39.9 Å². The monoisotopic (exact) mass is 1000 g/mol. The number of carbonyl (C=O) groups excluding carboxylic acids is 1. The fourth-order valence-electron chi connectivity index (χ4n) is 9.76. The number of likely N-dealkylation sites (N-methyl/N-ethyl adjacent to an activating group) is 1. The van der Waals surface area contributed by atoms with Crippen LogP contribution in [0.5, 0.6) is 0 Å². The molecule has 9 heteroatoms. The van der Waals surface area contributed by atoms with Gasteiger partial charge >= 0.3 is 7.82 Å². The number of nitrogens with zero attached hydrogens (tertiary/aromatic N) is 1. The summed E-state index contributed by atoms with van der Waals surface area (Å²) in [5, 5.41) is 14.1. The van der Waals surface area contributed by atoms with Gasteiger partial charge in [-0.15, -0.1) is 0 Å². The second kappa shape index (κ2) is 52.4. The fraction of sp³-hybridized carbons (Fsp3) is 0.983. The molecule has 3 N–H and O–H groups in total. The van der Waals surface area contributed by atoms with Crippen LogP contribution in [0.15, 0.2) is 0 Å². The van der Waals surface area contributed by atoms with Crippen LogP contribution in [-0.4, -0.2) is 73.4 Å². The van der Waals surface area contributed by atoms with E-state index in [1.807, 2.05) is 21.1 Å². The summed E-state index contributed by atoms with van der Waals surface area (Å²) in [6, 6.07) is -0.756. The number of hydrogen-bond acceptors (Lipinski definition) is 5. The summed E-state index contributed by atoms with van der Waals surface area (Å²) in [7, 11) is 1.64. The van der Waals surface area contributed by atoms with E-state index in [1.54, 1.807) is 0 Å². The standard InChI is InChI=1S/C60H123N2O6P/c1-6-8-10-12-14-16-18-20-22-24-26-28-30-32-33-35-37-39-41-43-45-47-49-51-53-59(63)58(57-68-69(65,66)67-56-55-62(3,4)5)61-60(64)54-52-50-48-46-44-42-40-38-36-34-31-29-27-25-23-21-19-17-15-13-11-9-7-2/h58-59,63H,6-57H2,1-5H3,(H-,61,64,65,66)/p+1. The Balaban J connectivity index is 4.08. The van der Waals surface area contributed by atoms with Gasteiger partial charge in [0.15, 0.2) is 0 Å². The summed E-state index contributed by atoms with van der Waals surface area (Å²) in [5.74, 6) is -0.135. The average Bonchev–Trinajstić information content (AvgIpc) is 3.31. The van der Waals surface area contributed by atoms with Crippen LogP contribution in [0.3, 0.4) is 0 Å². The van der Waals surface area contributed by atoms with E-state index in [1.165, 1.54) is 263 Å². The minimum absolute atomic E-state index is 0.0793. The van der Waals surface area contributed by atoms with Crippen LogP contribution >= 0.6 is 7.82 Å². The van der Waals surface area contributed by atoms with Crippen LogP contribution < -0.4 is 5.32 Å². The zero-order valence-corrected chi connectivity index (χ0v) is 48.2. The Bertz CT molecular complexity index is 1090. The maximum Gasteiger partial charge on any atom is 0.472 e. The molecule has 0 aliphatic carbocycles. The Morgan fingerprint density at radius 1 is 0.435 bits per heavy atom. The Labute approximate surface area is 431 Å². The normalized spacial score (nSPS) is 13.8. The summed E-state index contributed by atoms with van der Waals surface area (Å²) in [5.41, 5.74) is 0. The highest BCUT2D eigenvalue weighted by Crippen LogP contribution is 2.43. The van der Waals surface area contributed by atoms with E-state index in [-0.39, 0.29) is 19.1 Å². The molecule has 0 bridgehead atoms. The first-order valence-corrected chi connectivity index (χ1v) is 32.4. The van der Waals surface area contributed by atoms with Gasteiger partial charge in [-0.05, 0) is 12.8 Å². The zero-order chi connectivity index (χ0) is 50.6. The van der Waals surface area contributed by atoms with Crippen molar-refractivity contribution in [1.82, 2.24) is 5.32 Å². The van der Waals surface area contributed by atoms with Gasteiger partial charge in [-0.2, -0.15) is 0 Å². The Morgan fingerprint density at radius 2 is 0.696 bits per heavy atom. The molecular weight excluding hydrogens is 876 g/mol. The number of phosphoric acid groups is 1. The van der Waals surface area contributed by atoms with Crippen molar-refractivity contribution in [3.05, 3.63) is 0 Å². The van der Waals surface area contributed by atoms with Gasteiger partial charge in [0.25, 0.3) is 0 Å². The molecular formula is C60H124N2O6P+. The first-order chi connectivity index (χ1) is 33.5. The lowest BCUT2D eigenvalue weighted by molar-refractivity contribution is -0.870. The molecule has 0 aliphatic rings. The Kier molecular flexibility index (Phi) is 52.0. The highest BCUT2D eigenvalue weighted by molar-refractivity contribution is 7.47. The average molecular weight is 1000 g/mol. The quantitative estimate of drug-likeness (QED) is 0.0318. The van der Waals surface area contributed by atoms with Crippen LogP contribution in [0.25, 0.3) is 0 Å². The Morgan fingerprint density at radius 3 is 0.971 bits per heavy atom. The van der Waals surface area contributed by atoms with E-state index in [9.17, 15) is 19.4 Å². The van der Waals surface area contributed by atoms with Crippen molar-refractivity contribution >= 4 is 13.7 Å². The van der Waals surface area contributed by atoms with Crippen molar-refractivity contribution in [3.63, 3.8) is 0 Å². The maximum absolute atomic E-state index is 13.0. The van der Waals surface area contributed by atoms with E-state index < -0.39 is 20.0 Å². The summed E-state index contributed by atoms with van der Waals surface area (Å²) >= 11 is 0. The molecule has 0 aromatic carbocycles. The number of quaternary nitrogens is 1. The van der Waals surface area contributed by atoms with Crippen LogP contribution in [-0.2, 0) is 18.4 Å². The third-order valence-corrected chi connectivity index (χ3v) is 15.6. The number of nitrogens with one attached hydrogen (secondary N) is 1. The van der Waals surface area contributed by atoms with Crippen molar-refractivity contribution in [3.8, 4) is 0 Å². The van der Waals surface area contributed by atoms with Crippen LogP contribution in [0, 0.1) is 0 Å². The highest BCUT2D eigenvalue weighted by atomic mass is 31.2. The molecule has 0 aromatic rings. The van der Waals surface area contributed by atoms with Crippen molar-refractivity contribution < 1.29 is 32.9 Å². The van der Waals surface area contributed by atoms with Gasteiger partial charge in [0, 0.05) is 6.42 Å². The predicted molar refractivity (Wildman–Crippen MR) is 300 cm³/mol. The maximum atomic E-state index is 13.0. The van der Waals surface area contributed by atoms with Crippen molar-refractivity contribution in [2.45, 2.75) is 341 Å². The van der Waals surface area contributed by atoms with Gasteiger partial charge < -0.3 is 19.8 Å². The summed E-state index contributed by atoms with van der Waals surface area (Å²) < 4.78 is 23.8. The van der Waals surface area contributed by atoms with Crippen molar-refractivity contribution in [2.75, 3.05) is 40.9 Å². The summed E-state index contributed by atoms with van der Waals surface area (Å²) in [6.45, 7) is 4.96. The number of aliphatic hydroxyl groups excluding tert-OH is 1. The molecule has 0 saturated heterocycles. The lowest BCUT2D eigenvalue weighted by Crippen LogP contribution is -2.46. The zero-order valence-electron chi connectivity index (χ0n) is 47.3. The minimum Gasteiger partial charge on any atom is -0.391 e. The van der Waals surface area contributed by atoms with Crippen LogP contribution in [0.1, 0.15) is 328 Å². The number of aliphatic hydroxyl groups is 1. The molecule has 0 rings (SSSR count). The van der Waals surface area contributed by atoms with E-state index in [0.717, 1.165) is 38.5 Å². The molecule has 8 nitrogen and oxygen atoms in total. The first kappa shape index (κ1) is 68.5. The van der Waals surface area contributed by atoms with Gasteiger partial charge in [-0.3, -0.25) is 13.8 Å². The van der Waals surface area contributed by atoms with Crippen LogP contribution in [0.2, 0.25) is 0 Å². The SMILES string of the molecule is CCCCCCCCCCCCCCCCCCCCCCCCCCC(O)C(COP(=O)(O)OCC[N+](C)(C)C)NC(=O)CCCCCCCCCCCCCCCCCCCCCCCCC. The van der Waals surface area contributed by atoms with E-state index in [2.05, 4.69) is 19.2 Å². The number of rotatable bonds is 58. The number of amides is 1. The van der Waals surface area contributed by atoms with Crippen molar-refractivity contribution in [2.24, 2.45) is 0 Å².